The molecule has 0 atom stereocenters. The molecule has 1 aliphatic heterocycles. The molecule has 0 saturated heterocycles. The third-order valence-corrected chi connectivity index (χ3v) is 8.19. The predicted octanol–water partition coefficient (Wildman–Crippen LogP) is 3.77. The summed E-state index contributed by atoms with van der Waals surface area (Å²) in [6.45, 7) is 3.74. The van der Waals surface area contributed by atoms with Gasteiger partial charge < -0.3 is 15.0 Å². The van der Waals surface area contributed by atoms with Gasteiger partial charge in [0.15, 0.2) is 0 Å². The van der Waals surface area contributed by atoms with Crippen LogP contribution in [0.15, 0.2) is 65.6 Å². The summed E-state index contributed by atoms with van der Waals surface area (Å²) in [6, 6.07) is 17.5. The minimum absolute atomic E-state index is 0.140. The number of carbonyl (C=O) groups excluding carboxylic acids is 2. The van der Waals surface area contributed by atoms with Crippen molar-refractivity contribution >= 4 is 33.2 Å². The maximum atomic E-state index is 13.1. The summed E-state index contributed by atoms with van der Waals surface area (Å²) < 4.78 is 32.3. The molecule has 1 heterocycles. The van der Waals surface area contributed by atoms with E-state index in [1.165, 1.54) is 7.05 Å². The average molecular weight is 508 g/mol. The fourth-order valence-corrected chi connectivity index (χ4v) is 5.63. The normalized spacial score (nSPS) is 13.0. The van der Waals surface area contributed by atoms with Gasteiger partial charge in [-0.3, -0.25) is 9.59 Å². The Bertz CT molecular complexity index is 1420. The van der Waals surface area contributed by atoms with Crippen LogP contribution < -0.4 is 15.0 Å². The molecule has 0 radical (unpaired) electrons. The van der Waals surface area contributed by atoms with Gasteiger partial charge in [0.05, 0.1) is 18.6 Å². The molecule has 3 aromatic carbocycles. The molecular formula is C27H29N3O5S. The molecule has 0 bridgehead atoms. The zero-order valence-electron chi connectivity index (χ0n) is 20.7. The lowest BCUT2D eigenvalue weighted by atomic mass is 10.1. The number of ether oxygens (including phenoxy) is 1. The van der Waals surface area contributed by atoms with E-state index in [0.29, 0.717) is 35.5 Å². The lowest BCUT2D eigenvalue weighted by Crippen LogP contribution is -2.35. The van der Waals surface area contributed by atoms with E-state index in [0.717, 1.165) is 21.1 Å². The fraction of sp³-hybridized carbons (Fsp3) is 0.259. The minimum atomic E-state index is -3.83. The highest BCUT2D eigenvalue weighted by atomic mass is 32.2. The van der Waals surface area contributed by atoms with Crippen LogP contribution in [-0.2, 0) is 21.2 Å². The van der Waals surface area contributed by atoms with Crippen molar-refractivity contribution in [3.05, 3.63) is 82.9 Å². The number of rotatable bonds is 7. The quantitative estimate of drug-likeness (QED) is 0.525. The molecule has 1 N–H and O–H groups in total. The van der Waals surface area contributed by atoms with Crippen LogP contribution in [0, 0.1) is 13.8 Å². The number of nitrogens with zero attached hydrogens (tertiary/aromatic N) is 2. The first kappa shape index (κ1) is 25.4. The molecule has 3 aromatic rings. The van der Waals surface area contributed by atoms with E-state index >= 15 is 0 Å². The van der Waals surface area contributed by atoms with Gasteiger partial charge >= 0.3 is 0 Å². The second-order valence-electron chi connectivity index (χ2n) is 8.86. The van der Waals surface area contributed by atoms with Crippen LogP contribution in [0.3, 0.4) is 0 Å². The summed E-state index contributed by atoms with van der Waals surface area (Å²) in [4.78, 5) is 27.7. The Kier molecular flexibility index (Phi) is 7.14. The van der Waals surface area contributed by atoms with Gasteiger partial charge in [0.2, 0.25) is 15.9 Å². The Morgan fingerprint density at radius 2 is 1.75 bits per heavy atom. The summed E-state index contributed by atoms with van der Waals surface area (Å²) in [6.07, 6.45) is 0.711. The summed E-state index contributed by atoms with van der Waals surface area (Å²) in [7, 11) is -0.881. The van der Waals surface area contributed by atoms with Crippen LogP contribution >= 0.6 is 0 Å². The van der Waals surface area contributed by atoms with Crippen molar-refractivity contribution in [3.63, 3.8) is 0 Å². The van der Waals surface area contributed by atoms with Gasteiger partial charge in [0.1, 0.15) is 5.75 Å². The van der Waals surface area contributed by atoms with Crippen LogP contribution in [0.4, 0.5) is 11.4 Å². The molecule has 0 fully saturated rings. The number of anilines is 2. The molecule has 0 aromatic heterocycles. The summed E-state index contributed by atoms with van der Waals surface area (Å²) in [5, 5.41) is 2.77. The van der Waals surface area contributed by atoms with E-state index in [2.05, 4.69) is 5.32 Å². The van der Waals surface area contributed by atoms with Crippen LogP contribution in [0.5, 0.6) is 5.75 Å². The Labute approximate surface area is 211 Å². The largest absolute Gasteiger partial charge is 0.497 e. The number of methoxy groups -OCH3 is 1. The van der Waals surface area contributed by atoms with Gasteiger partial charge in [-0.2, -0.15) is 4.31 Å². The molecule has 0 saturated carbocycles. The van der Waals surface area contributed by atoms with Gasteiger partial charge in [-0.05, 0) is 79.4 Å². The van der Waals surface area contributed by atoms with Gasteiger partial charge in [0.25, 0.3) is 5.91 Å². The molecule has 8 nitrogen and oxygen atoms in total. The van der Waals surface area contributed by atoms with Crippen LogP contribution in [-0.4, -0.2) is 51.8 Å². The molecule has 0 unspecified atom stereocenters. The number of aryl methyl sites for hydroxylation is 2. The van der Waals surface area contributed by atoms with E-state index < -0.39 is 15.9 Å². The number of hydrogen-bond acceptors (Lipinski definition) is 5. The van der Waals surface area contributed by atoms with Crippen LogP contribution in [0.2, 0.25) is 0 Å². The van der Waals surface area contributed by atoms with Gasteiger partial charge in [0, 0.05) is 30.5 Å². The summed E-state index contributed by atoms with van der Waals surface area (Å²) in [5.41, 5.74) is 4.20. The van der Waals surface area contributed by atoms with Gasteiger partial charge in [-0.1, -0.05) is 18.2 Å². The maximum Gasteiger partial charge on any atom is 0.258 e. The number of fused-ring (bicyclic) bond motifs is 1. The second kappa shape index (κ2) is 10.1. The molecule has 0 spiro atoms. The van der Waals surface area contributed by atoms with Crippen molar-refractivity contribution < 1.29 is 22.7 Å². The van der Waals surface area contributed by atoms with E-state index in [9.17, 15) is 18.0 Å². The number of hydrogen-bond donors (Lipinski definition) is 1. The Morgan fingerprint density at radius 1 is 1.03 bits per heavy atom. The smallest absolute Gasteiger partial charge is 0.258 e. The standard InChI is InChI=1S/C27H29N3O5S/c1-18-5-6-19(2)25(15-18)36(33,34)29(3)17-26(31)28-22-10-7-20-13-14-30(24(20)16-22)27(32)21-8-11-23(35-4)12-9-21/h5-12,15-16H,13-14,17H2,1-4H3,(H,28,31). The van der Waals surface area contributed by atoms with E-state index in [4.69, 9.17) is 4.74 Å². The number of amides is 2. The highest BCUT2D eigenvalue weighted by Crippen LogP contribution is 2.32. The fourth-order valence-electron chi connectivity index (χ4n) is 4.20. The van der Waals surface area contributed by atoms with Crippen molar-refractivity contribution in [2.24, 2.45) is 0 Å². The third-order valence-electron chi connectivity index (χ3n) is 6.24. The van der Waals surface area contributed by atoms with E-state index in [1.807, 2.05) is 19.1 Å². The maximum absolute atomic E-state index is 13.1. The first-order chi connectivity index (χ1) is 17.1. The highest BCUT2D eigenvalue weighted by molar-refractivity contribution is 7.89. The number of likely N-dealkylation sites (N-methyl/N-ethyl adjacent to an activating group) is 1. The number of nitrogens with one attached hydrogen (secondary N) is 1. The monoisotopic (exact) mass is 507 g/mol. The van der Waals surface area contributed by atoms with Crippen LogP contribution in [0.1, 0.15) is 27.0 Å². The molecule has 0 aliphatic carbocycles. The van der Waals surface area contributed by atoms with Gasteiger partial charge in [-0.15, -0.1) is 0 Å². The summed E-state index contributed by atoms with van der Waals surface area (Å²) in [5.74, 6) is 0.0551. The lowest BCUT2D eigenvalue weighted by Gasteiger charge is -2.20. The number of sulfonamides is 1. The zero-order chi connectivity index (χ0) is 26.0. The lowest BCUT2D eigenvalue weighted by molar-refractivity contribution is -0.116. The first-order valence-electron chi connectivity index (χ1n) is 11.5. The van der Waals surface area contributed by atoms with Crippen molar-refractivity contribution in [2.45, 2.75) is 25.2 Å². The molecule has 4 rings (SSSR count). The Hall–Kier alpha value is -3.69. The average Bonchev–Trinajstić information content (AvgIpc) is 3.28. The van der Waals surface area contributed by atoms with E-state index in [-0.39, 0.29) is 17.3 Å². The topological polar surface area (TPSA) is 96.0 Å². The molecular weight excluding hydrogens is 478 g/mol. The molecule has 2 amide bonds. The molecule has 188 valence electrons. The molecule has 9 heteroatoms. The van der Waals surface area contributed by atoms with Gasteiger partial charge in [-0.25, -0.2) is 8.42 Å². The minimum Gasteiger partial charge on any atom is -0.497 e. The highest BCUT2D eigenvalue weighted by Gasteiger charge is 2.27. The predicted molar refractivity (Wildman–Crippen MR) is 139 cm³/mol. The first-order valence-corrected chi connectivity index (χ1v) is 13.0. The zero-order valence-corrected chi connectivity index (χ0v) is 21.6. The van der Waals surface area contributed by atoms with Crippen molar-refractivity contribution in [1.82, 2.24) is 4.31 Å². The molecule has 1 aliphatic rings. The molecule has 36 heavy (non-hydrogen) atoms. The van der Waals surface area contributed by atoms with Crippen LogP contribution in [0.25, 0.3) is 0 Å². The third kappa shape index (κ3) is 5.12. The number of carbonyl (C=O) groups is 2. The Balaban J connectivity index is 1.47. The van der Waals surface area contributed by atoms with E-state index in [1.54, 1.807) is 67.5 Å². The second-order valence-corrected chi connectivity index (χ2v) is 10.9. The van der Waals surface area contributed by atoms with Crippen molar-refractivity contribution in [1.29, 1.82) is 0 Å². The number of benzene rings is 3. The van der Waals surface area contributed by atoms with Crippen molar-refractivity contribution in [3.8, 4) is 5.75 Å². The van der Waals surface area contributed by atoms with Crippen molar-refractivity contribution in [2.75, 3.05) is 37.5 Å². The summed E-state index contributed by atoms with van der Waals surface area (Å²) >= 11 is 0. The Morgan fingerprint density at radius 3 is 2.44 bits per heavy atom. The SMILES string of the molecule is COc1ccc(C(=O)N2CCc3ccc(NC(=O)CN(C)S(=O)(=O)c4cc(C)ccc4C)cc32)cc1.